The zero-order valence-corrected chi connectivity index (χ0v) is 23.2. The number of aliphatic carboxylic acids is 1. The number of aromatic nitrogens is 1. The van der Waals surface area contributed by atoms with Crippen LogP contribution >= 0.6 is 30.7 Å². The maximum Gasteiger partial charge on any atom is 0.352 e. The highest BCUT2D eigenvalue weighted by Gasteiger charge is 2.54. The van der Waals surface area contributed by atoms with E-state index in [9.17, 15) is 24.1 Å². The summed E-state index contributed by atoms with van der Waals surface area (Å²) in [5.74, 6) is -2.24. The third kappa shape index (κ3) is 6.72. The Hall–Kier alpha value is -2.97. The molecule has 0 aliphatic carbocycles. The second kappa shape index (κ2) is 13.2. The van der Waals surface area contributed by atoms with E-state index in [1.807, 2.05) is 0 Å². The number of hydrogen-bond acceptors (Lipinski definition) is 12. The standard InChI is InChI=1S/C22H28N5O8PS2/c1-4-13-11-37-20-16(19(29)27(20)17(13)21(30)31)25-18(28)15(14-12-38-22(23)24-14)26-33-9-7-8-10-36(32,34-5-2)35-6-3/h4,7-8,12,16,20H,1,5-6,9-11H2,2-3H3,(H2,23,24)(H,25,28)(H,30,31)/b8-7+,26-15-/t16-,20-/m1/s1. The van der Waals surface area contributed by atoms with Crippen molar-refractivity contribution in [3.63, 3.8) is 0 Å². The predicted molar refractivity (Wildman–Crippen MR) is 144 cm³/mol. The van der Waals surface area contributed by atoms with Gasteiger partial charge in [-0.1, -0.05) is 23.9 Å². The fraction of sp³-hybridized carbons (Fsp3) is 0.409. The number of β-lactam (4-membered cyclic amide) rings is 1. The number of thioether (sulfide) groups is 1. The van der Waals surface area contributed by atoms with Gasteiger partial charge in [0.2, 0.25) is 0 Å². The molecule has 13 nitrogen and oxygen atoms in total. The third-order valence-electron chi connectivity index (χ3n) is 5.19. The van der Waals surface area contributed by atoms with Gasteiger partial charge in [0, 0.05) is 11.1 Å². The number of nitrogen functional groups attached to an aromatic ring is 1. The lowest BCUT2D eigenvalue weighted by Gasteiger charge is -2.49. The van der Waals surface area contributed by atoms with Crippen LogP contribution in [0.3, 0.4) is 0 Å². The maximum absolute atomic E-state index is 13.1. The molecule has 2 aliphatic heterocycles. The smallest absolute Gasteiger partial charge is 0.352 e. The average Bonchev–Trinajstić information content (AvgIpc) is 3.31. The molecule has 16 heteroatoms. The van der Waals surface area contributed by atoms with Crippen LogP contribution in [0.15, 0.2) is 46.6 Å². The highest BCUT2D eigenvalue weighted by atomic mass is 32.2. The highest BCUT2D eigenvalue weighted by Crippen LogP contribution is 2.47. The summed E-state index contributed by atoms with van der Waals surface area (Å²) in [5, 5.41) is 17.2. The molecule has 38 heavy (non-hydrogen) atoms. The summed E-state index contributed by atoms with van der Waals surface area (Å²) in [7, 11) is -3.24. The summed E-state index contributed by atoms with van der Waals surface area (Å²) in [6, 6.07) is -0.972. The summed E-state index contributed by atoms with van der Waals surface area (Å²) in [4.78, 5) is 48.1. The van der Waals surface area contributed by atoms with Gasteiger partial charge >= 0.3 is 13.6 Å². The molecule has 2 amide bonds. The van der Waals surface area contributed by atoms with E-state index in [0.29, 0.717) is 11.3 Å². The fourth-order valence-electron chi connectivity index (χ4n) is 3.56. The Morgan fingerprint density at radius 1 is 1.37 bits per heavy atom. The molecule has 0 bridgehead atoms. The van der Waals surface area contributed by atoms with E-state index < -0.39 is 36.8 Å². The van der Waals surface area contributed by atoms with Crippen molar-refractivity contribution in [1.82, 2.24) is 15.2 Å². The first-order valence-corrected chi connectivity index (χ1v) is 15.1. The van der Waals surface area contributed by atoms with Crippen molar-refractivity contribution >= 4 is 59.3 Å². The number of nitrogens with one attached hydrogen (secondary N) is 1. The van der Waals surface area contributed by atoms with E-state index in [1.165, 1.54) is 23.2 Å². The van der Waals surface area contributed by atoms with Crippen molar-refractivity contribution in [2.24, 2.45) is 5.16 Å². The van der Waals surface area contributed by atoms with E-state index in [4.69, 9.17) is 19.6 Å². The Kier molecular flexibility index (Phi) is 10.3. The van der Waals surface area contributed by atoms with Crippen LogP contribution in [0.25, 0.3) is 0 Å². The van der Waals surface area contributed by atoms with Crippen LogP contribution in [-0.2, 0) is 32.8 Å². The number of thiazole rings is 1. The number of carbonyl (C=O) groups excluding carboxylic acids is 2. The molecular formula is C22H28N5O8PS2. The zero-order chi connectivity index (χ0) is 27.9. The monoisotopic (exact) mass is 585 g/mol. The number of carboxylic acid groups (broad SMARTS) is 1. The van der Waals surface area contributed by atoms with Crippen molar-refractivity contribution in [2.45, 2.75) is 25.3 Å². The molecule has 206 valence electrons. The van der Waals surface area contributed by atoms with E-state index >= 15 is 0 Å². The van der Waals surface area contributed by atoms with Gasteiger partial charge in [0.15, 0.2) is 10.8 Å². The maximum atomic E-state index is 13.1. The van der Waals surface area contributed by atoms with Gasteiger partial charge in [-0.3, -0.25) is 19.1 Å². The number of nitrogens with two attached hydrogens (primary N) is 1. The van der Waals surface area contributed by atoms with Gasteiger partial charge in [0.1, 0.15) is 29.4 Å². The first-order chi connectivity index (χ1) is 18.2. The van der Waals surface area contributed by atoms with Gasteiger partial charge in [0.05, 0.1) is 19.4 Å². The second-order valence-corrected chi connectivity index (χ2v) is 11.7. The minimum absolute atomic E-state index is 0.0391. The Morgan fingerprint density at radius 2 is 2.08 bits per heavy atom. The number of allylic oxidation sites excluding steroid dienone is 2. The van der Waals surface area contributed by atoms with E-state index in [2.05, 4.69) is 22.0 Å². The number of anilines is 1. The van der Waals surface area contributed by atoms with Crippen LogP contribution in [0, 0.1) is 0 Å². The molecule has 1 aromatic rings. The number of carboxylic acids is 1. The number of fused-ring (bicyclic) bond motifs is 1. The molecule has 0 unspecified atom stereocenters. The lowest BCUT2D eigenvalue weighted by molar-refractivity contribution is -0.150. The normalized spacial score (nSPS) is 19.8. The van der Waals surface area contributed by atoms with Gasteiger partial charge in [-0.25, -0.2) is 9.78 Å². The molecule has 4 N–H and O–H groups in total. The molecule has 0 radical (unpaired) electrons. The summed E-state index contributed by atoms with van der Waals surface area (Å²) >= 11 is 2.40. The Labute approximate surface area is 227 Å². The van der Waals surface area contributed by atoms with E-state index in [1.54, 1.807) is 26.0 Å². The van der Waals surface area contributed by atoms with Crippen LogP contribution in [-0.4, -0.2) is 81.6 Å². The molecule has 0 aromatic carbocycles. The van der Waals surface area contributed by atoms with Crippen molar-refractivity contribution in [3.8, 4) is 0 Å². The lowest BCUT2D eigenvalue weighted by atomic mass is 10.0. The van der Waals surface area contributed by atoms with Crippen molar-refractivity contribution in [3.05, 3.63) is 47.2 Å². The molecule has 2 aliphatic rings. The summed E-state index contributed by atoms with van der Waals surface area (Å²) in [5.41, 5.74) is 5.92. The summed E-state index contributed by atoms with van der Waals surface area (Å²) in [6.07, 6.45) is 4.55. The molecule has 1 aromatic heterocycles. The van der Waals surface area contributed by atoms with Crippen LogP contribution < -0.4 is 11.1 Å². The molecule has 1 saturated heterocycles. The minimum atomic E-state index is -3.24. The summed E-state index contributed by atoms with van der Waals surface area (Å²) in [6.45, 7) is 7.45. The second-order valence-electron chi connectivity index (χ2n) is 7.65. The van der Waals surface area contributed by atoms with Crippen LogP contribution in [0.2, 0.25) is 0 Å². The van der Waals surface area contributed by atoms with Crippen LogP contribution in [0.5, 0.6) is 0 Å². The molecule has 3 heterocycles. The lowest BCUT2D eigenvalue weighted by Crippen LogP contribution is -2.71. The number of amides is 2. The number of oxime groups is 1. The molecule has 0 spiro atoms. The third-order valence-corrected chi connectivity index (χ3v) is 9.12. The summed E-state index contributed by atoms with van der Waals surface area (Å²) < 4.78 is 22.9. The van der Waals surface area contributed by atoms with Gasteiger partial charge < -0.3 is 30.0 Å². The largest absolute Gasteiger partial charge is 0.477 e. The van der Waals surface area contributed by atoms with Gasteiger partial charge in [-0.05, 0) is 25.5 Å². The van der Waals surface area contributed by atoms with E-state index in [0.717, 1.165) is 16.2 Å². The predicted octanol–water partition coefficient (Wildman–Crippen LogP) is 2.19. The number of carbonyl (C=O) groups is 3. The van der Waals surface area contributed by atoms with Crippen molar-refractivity contribution < 1.29 is 37.9 Å². The van der Waals surface area contributed by atoms with Crippen molar-refractivity contribution in [2.75, 3.05) is 37.5 Å². The fourth-order valence-corrected chi connectivity index (χ4v) is 6.93. The van der Waals surface area contributed by atoms with E-state index in [-0.39, 0.29) is 48.2 Å². The van der Waals surface area contributed by atoms with Gasteiger partial charge in [-0.2, -0.15) is 0 Å². The zero-order valence-electron chi connectivity index (χ0n) is 20.7. The highest BCUT2D eigenvalue weighted by molar-refractivity contribution is 8.00. The number of rotatable bonds is 14. The first-order valence-electron chi connectivity index (χ1n) is 11.4. The Morgan fingerprint density at radius 3 is 2.66 bits per heavy atom. The minimum Gasteiger partial charge on any atom is -0.477 e. The molecule has 0 saturated carbocycles. The molecule has 2 atom stereocenters. The van der Waals surface area contributed by atoms with Crippen LogP contribution in [0.4, 0.5) is 5.13 Å². The quantitative estimate of drug-likeness (QED) is 0.0726. The first kappa shape index (κ1) is 29.6. The molecule has 1 fully saturated rings. The SMILES string of the molecule is C=CC1=C(C(=O)O)N2C(=O)[C@@H](NC(=O)/C(=N\OC/C=C/CP(=O)(OCC)OCC)c3csc(N)n3)[C@H]2SC1. The molecule has 3 rings (SSSR count). The van der Waals surface area contributed by atoms with Gasteiger partial charge in [-0.15, -0.1) is 23.1 Å². The van der Waals surface area contributed by atoms with Gasteiger partial charge in [0.25, 0.3) is 11.8 Å². The number of hydrogen-bond donors (Lipinski definition) is 3. The molecular weight excluding hydrogens is 557 g/mol. The average molecular weight is 586 g/mol. The number of nitrogens with zero attached hydrogens (tertiary/aromatic N) is 3. The Balaban J connectivity index is 1.68. The Bertz CT molecular complexity index is 1220. The van der Waals surface area contributed by atoms with Crippen LogP contribution in [0.1, 0.15) is 19.5 Å². The van der Waals surface area contributed by atoms with Crippen molar-refractivity contribution in [1.29, 1.82) is 0 Å². The topological polar surface area (TPSA) is 183 Å².